The van der Waals surface area contributed by atoms with Crippen molar-refractivity contribution in [1.29, 1.82) is 0 Å². The number of hydrazine groups is 1. The van der Waals surface area contributed by atoms with Crippen molar-refractivity contribution in [3.63, 3.8) is 0 Å². The van der Waals surface area contributed by atoms with Crippen LogP contribution in [0.15, 0.2) is 63.7 Å². The van der Waals surface area contributed by atoms with Crippen LogP contribution in [-0.4, -0.2) is 75.8 Å². The molecule has 2 aromatic rings. The number of hydrogen-bond donors (Lipinski definition) is 3. The second-order valence-corrected chi connectivity index (χ2v) is 11.9. The van der Waals surface area contributed by atoms with Crippen molar-refractivity contribution < 1.29 is 55.1 Å². The number of nitrogens with zero attached hydrogens (tertiary/aromatic N) is 4. The summed E-state index contributed by atoms with van der Waals surface area (Å²) < 4.78 is 59.7. The fourth-order valence-corrected chi connectivity index (χ4v) is 5.13. The first-order chi connectivity index (χ1) is 17.9. The molecule has 1 fully saturated rings. The molecule has 0 radical (unpaired) electrons. The fraction of sp³-hybridized carbons (Fsp3) is 0.333. The normalized spacial score (nSPS) is 14.1. The van der Waals surface area contributed by atoms with E-state index in [2.05, 4.69) is 35.4 Å². The van der Waals surface area contributed by atoms with Crippen molar-refractivity contribution in [2.45, 2.75) is 11.3 Å². The Kier molecular flexibility index (Phi) is 13.1. The van der Waals surface area contributed by atoms with Crippen molar-refractivity contribution in [3.05, 3.63) is 48.5 Å². The molecule has 1 aliphatic rings. The van der Waals surface area contributed by atoms with Crippen molar-refractivity contribution in [1.82, 2.24) is 21.1 Å². The monoisotopic (exact) mass is 623 g/mol. The number of azo groups is 1. The molecular formula is C21H26N7NaO6S4. The van der Waals surface area contributed by atoms with Crippen LogP contribution in [0.25, 0.3) is 0 Å². The fourth-order valence-electron chi connectivity index (χ4n) is 3.19. The van der Waals surface area contributed by atoms with E-state index < -0.39 is 32.6 Å². The predicted molar refractivity (Wildman–Crippen MR) is 149 cm³/mol. The van der Waals surface area contributed by atoms with Crippen LogP contribution < -0.4 is 50.5 Å². The maximum atomic E-state index is 12.2. The van der Waals surface area contributed by atoms with Crippen LogP contribution in [0.2, 0.25) is 0 Å². The first-order valence-corrected chi connectivity index (χ1v) is 15.0. The van der Waals surface area contributed by atoms with Gasteiger partial charge in [0.2, 0.25) is 10.4 Å². The molecule has 0 bridgehead atoms. The molecule has 39 heavy (non-hydrogen) atoms. The maximum Gasteiger partial charge on any atom is 1.00 e. The van der Waals surface area contributed by atoms with Crippen molar-refractivity contribution >= 4 is 72.0 Å². The summed E-state index contributed by atoms with van der Waals surface area (Å²) in [7, 11) is -6.78. The van der Waals surface area contributed by atoms with E-state index in [0.29, 0.717) is 28.3 Å². The van der Waals surface area contributed by atoms with E-state index in [-0.39, 0.29) is 34.5 Å². The minimum absolute atomic E-state index is 0. The van der Waals surface area contributed by atoms with Crippen LogP contribution >= 0.6 is 24.4 Å². The van der Waals surface area contributed by atoms with Gasteiger partial charge in [-0.05, 0) is 79.4 Å². The largest absolute Gasteiger partial charge is 1.00 e. The Morgan fingerprint density at radius 2 is 1.64 bits per heavy atom. The molecule has 0 saturated carbocycles. The van der Waals surface area contributed by atoms with Crippen molar-refractivity contribution in [2.24, 2.45) is 10.2 Å². The third-order valence-electron chi connectivity index (χ3n) is 5.18. The molecule has 206 valence electrons. The van der Waals surface area contributed by atoms with Crippen molar-refractivity contribution in [2.75, 3.05) is 44.1 Å². The van der Waals surface area contributed by atoms with Crippen LogP contribution in [0.1, 0.15) is 6.42 Å². The third kappa shape index (κ3) is 11.3. The quantitative estimate of drug-likeness (QED) is 0.0603. The number of anilines is 1. The van der Waals surface area contributed by atoms with Gasteiger partial charge in [0.05, 0.1) is 28.6 Å². The topological polar surface area (TPSA) is 168 Å². The van der Waals surface area contributed by atoms with Gasteiger partial charge in [0.25, 0.3) is 0 Å². The minimum Gasteiger partial charge on any atom is -0.726 e. The first kappa shape index (κ1) is 33.4. The summed E-state index contributed by atoms with van der Waals surface area (Å²) in [6.45, 7) is 1.29. The van der Waals surface area contributed by atoms with Gasteiger partial charge in [-0.25, -0.2) is 22.3 Å². The average Bonchev–Trinajstić information content (AvgIpc) is 2.86. The molecule has 0 aromatic heterocycles. The van der Waals surface area contributed by atoms with Gasteiger partial charge in [0.1, 0.15) is 6.67 Å². The summed E-state index contributed by atoms with van der Waals surface area (Å²) in [4.78, 5) is 2.06. The molecule has 1 aliphatic heterocycles. The molecule has 0 unspecified atom stereocenters. The van der Waals surface area contributed by atoms with Gasteiger partial charge < -0.3 is 20.1 Å². The molecule has 0 amide bonds. The number of sulfone groups is 1. The molecule has 3 N–H and O–H groups in total. The molecule has 0 atom stereocenters. The Morgan fingerprint density at radius 1 is 1.05 bits per heavy atom. The third-order valence-corrected chi connectivity index (χ3v) is 7.90. The minimum atomic E-state index is -4.95. The second kappa shape index (κ2) is 15.3. The molecular weight excluding hydrogens is 598 g/mol. The van der Waals surface area contributed by atoms with E-state index in [0.717, 1.165) is 25.2 Å². The molecule has 0 spiro atoms. The SMILES string of the molecule is CN(CCCNN1CNC(=S)NC1=S)c1ccc(N=Nc2ccc(S(=O)(=O)CCOS(=O)(=O)[O-])cc2)cc1.[Na+]. The summed E-state index contributed by atoms with van der Waals surface area (Å²) in [5.74, 6) is -0.650. The Bertz CT molecular complexity index is 1370. The molecule has 18 heteroatoms. The second-order valence-electron chi connectivity index (χ2n) is 7.96. The Hall–Kier alpha value is -1.80. The van der Waals surface area contributed by atoms with Crippen LogP contribution in [0.4, 0.5) is 17.1 Å². The molecule has 1 saturated heterocycles. The van der Waals surface area contributed by atoms with E-state index in [1.807, 2.05) is 31.3 Å². The number of nitrogens with one attached hydrogen (secondary N) is 3. The molecule has 0 aliphatic carbocycles. The zero-order valence-electron chi connectivity index (χ0n) is 21.2. The van der Waals surface area contributed by atoms with Gasteiger partial charge >= 0.3 is 29.6 Å². The molecule has 2 aromatic carbocycles. The summed E-state index contributed by atoms with van der Waals surface area (Å²) in [5.41, 5.74) is 5.30. The van der Waals surface area contributed by atoms with Gasteiger partial charge in [-0.2, -0.15) is 10.2 Å². The Labute approximate surface area is 260 Å². The van der Waals surface area contributed by atoms with Gasteiger partial charge in [0.15, 0.2) is 20.1 Å². The first-order valence-electron chi connectivity index (χ1n) is 11.2. The Balaban J connectivity index is 0.00000533. The van der Waals surface area contributed by atoms with E-state index in [1.54, 1.807) is 5.01 Å². The average molecular weight is 624 g/mol. The standard InChI is InChI=1S/C21H27N7O6S4.Na/c1-27(12-2-11-23-28-15-22-20(35)24-21(28)36)18-7-3-16(4-8-18)25-26-17-5-9-19(10-6-17)37(29,30)14-13-34-38(31,32)33;/h3-10,23H,2,11-15H2,1H3,(H,31,32,33)(H2,22,24,35,36);/q;+1/p-1. The number of thiocarbonyl (C=S) groups is 2. The van der Waals surface area contributed by atoms with Gasteiger partial charge in [-0.3, -0.25) is 9.19 Å². The van der Waals surface area contributed by atoms with Crippen LogP contribution in [0.5, 0.6) is 0 Å². The summed E-state index contributed by atoms with van der Waals surface area (Å²) in [5, 5.41) is 17.0. The number of rotatable bonds is 13. The van der Waals surface area contributed by atoms with Gasteiger partial charge in [-0.15, -0.1) is 0 Å². The summed E-state index contributed by atoms with van der Waals surface area (Å²) >= 11 is 10.3. The van der Waals surface area contributed by atoms with Gasteiger partial charge in [-0.1, -0.05) is 0 Å². The van der Waals surface area contributed by atoms with E-state index in [9.17, 15) is 21.4 Å². The molecule has 1 heterocycles. The predicted octanol–water partition coefficient (Wildman–Crippen LogP) is -1.29. The smallest absolute Gasteiger partial charge is 0.726 e. The van der Waals surface area contributed by atoms with Crippen LogP contribution in [0, 0.1) is 0 Å². The Morgan fingerprint density at radius 3 is 2.21 bits per heavy atom. The van der Waals surface area contributed by atoms with Crippen LogP contribution in [0.3, 0.4) is 0 Å². The summed E-state index contributed by atoms with van der Waals surface area (Å²) in [6, 6.07) is 13.1. The van der Waals surface area contributed by atoms with Crippen molar-refractivity contribution in [3.8, 4) is 0 Å². The maximum absolute atomic E-state index is 12.2. The zero-order valence-corrected chi connectivity index (χ0v) is 26.5. The van der Waals surface area contributed by atoms with E-state index >= 15 is 0 Å². The van der Waals surface area contributed by atoms with Gasteiger partial charge in [0, 0.05) is 25.8 Å². The number of benzene rings is 2. The van der Waals surface area contributed by atoms with Crippen LogP contribution in [-0.2, 0) is 24.4 Å². The van der Waals surface area contributed by atoms with E-state index in [4.69, 9.17) is 24.4 Å². The summed E-state index contributed by atoms with van der Waals surface area (Å²) in [6.07, 6.45) is 0.873. The molecule has 13 nitrogen and oxygen atoms in total. The molecule has 3 rings (SSSR count). The zero-order chi connectivity index (χ0) is 27.8. The number of hydrogen-bond acceptors (Lipinski definition) is 12. The van der Waals surface area contributed by atoms with E-state index in [1.165, 1.54) is 24.3 Å².